The topological polar surface area (TPSA) is 6.48 Å². The number of rotatable bonds is 11. The fourth-order valence-corrected chi connectivity index (χ4v) is 9.09. The molecule has 54 heavy (non-hydrogen) atoms. The van der Waals surface area contributed by atoms with Crippen molar-refractivity contribution in [3.8, 4) is 11.1 Å². The van der Waals surface area contributed by atoms with Crippen LogP contribution in [0.15, 0.2) is 133 Å². The average molecular weight is 711 g/mol. The first-order chi connectivity index (χ1) is 25.9. The third kappa shape index (κ3) is 6.24. The van der Waals surface area contributed by atoms with Gasteiger partial charge in [0.15, 0.2) is 0 Å². The Hall–Kier alpha value is -5.08. The van der Waals surface area contributed by atoms with Crippen LogP contribution in [-0.2, 0) is 16.5 Å². The first-order valence-electron chi connectivity index (χ1n) is 20.0. The summed E-state index contributed by atoms with van der Waals surface area (Å²) in [7, 11) is 0. The lowest BCUT2D eigenvalue weighted by Crippen LogP contribution is -2.43. The van der Waals surface area contributed by atoms with Crippen LogP contribution in [0.2, 0.25) is 0 Å². The minimum atomic E-state index is -0.280. The molecule has 0 radical (unpaired) electrons. The number of benzene rings is 6. The quantitative estimate of drug-likeness (QED) is 0.132. The summed E-state index contributed by atoms with van der Waals surface area (Å²) in [5.41, 5.74) is 17.5. The normalized spacial score (nSPS) is 14.3. The first kappa shape index (κ1) is 37.2. The molecule has 0 fully saturated rings. The lowest BCUT2D eigenvalue weighted by atomic mass is 9.76. The Morgan fingerprint density at radius 1 is 0.426 bits per heavy atom. The molecule has 1 aliphatic carbocycles. The second-order valence-corrected chi connectivity index (χ2v) is 16.5. The molecule has 1 aliphatic rings. The summed E-state index contributed by atoms with van der Waals surface area (Å²) in [5, 5.41) is 0. The van der Waals surface area contributed by atoms with Crippen LogP contribution in [0.25, 0.3) is 11.1 Å². The van der Waals surface area contributed by atoms with E-state index in [2.05, 4.69) is 212 Å². The zero-order valence-corrected chi connectivity index (χ0v) is 34.2. The maximum Gasteiger partial charge on any atom is 0.0697 e. The molecule has 0 saturated carbocycles. The van der Waals surface area contributed by atoms with Crippen molar-refractivity contribution in [2.45, 2.75) is 105 Å². The van der Waals surface area contributed by atoms with E-state index in [1.54, 1.807) is 0 Å². The Morgan fingerprint density at radius 3 is 1.11 bits per heavy atom. The molecule has 0 bridgehead atoms. The minimum Gasteiger partial charge on any atom is -0.331 e. The SMILES string of the molecule is CCC(C)(c1ccc2c(c1)C(C)(C)c1cc(C(CC)(CC)N(c3ccc(C)cc3)c3ccc(C)cc3)ccc1-2)N(c1ccc(C)cc1)c1ccc(C)cc1. The highest BCUT2D eigenvalue weighted by atomic mass is 15.2. The van der Waals surface area contributed by atoms with Crippen LogP contribution in [0, 0.1) is 27.7 Å². The van der Waals surface area contributed by atoms with Gasteiger partial charge in [-0.15, -0.1) is 0 Å². The van der Waals surface area contributed by atoms with Crippen molar-refractivity contribution < 1.29 is 0 Å². The molecule has 6 aromatic rings. The highest BCUT2D eigenvalue weighted by molar-refractivity contribution is 5.82. The fourth-order valence-electron chi connectivity index (χ4n) is 9.09. The Labute approximate surface area is 325 Å². The van der Waals surface area contributed by atoms with Crippen molar-refractivity contribution in [2.24, 2.45) is 0 Å². The van der Waals surface area contributed by atoms with Crippen LogP contribution in [0.5, 0.6) is 0 Å². The van der Waals surface area contributed by atoms with E-state index < -0.39 is 0 Å². The molecule has 1 unspecified atom stereocenters. The van der Waals surface area contributed by atoms with Crippen LogP contribution in [0.1, 0.15) is 105 Å². The highest BCUT2D eigenvalue weighted by Crippen LogP contribution is 2.53. The van der Waals surface area contributed by atoms with Crippen LogP contribution in [-0.4, -0.2) is 0 Å². The molecule has 0 saturated heterocycles. The average Bonchev–Trinajstić information content (AvgIpc) is 3.41. The third-order valence-electron chi connectivity index (χ3n) is 12.8. The lowest BCUT2D eigenvalue weighted by molar-refractivity contribution is 0.402. The molecule has 2 nitrogen and oxygen atoms in total. The molecule has 0 aromatic heterocycles. The van der Waals surface area contributed by atoms with Gasteiger partial charge in [-0.3, -0.25) is 0 Å². The van der Waals surface area contributed by atoms with Gasteiger partial charge in [-0.25, -0.2) is 0 Å². The van der Waals surface area contributed by atoms with Crippen LogP contribution < -0.4 is 9.80 Å². The predicted molar refractivity (Wildman–Crippen MR) is 233 cm³/mol. The van der Waals surface area contributed by atoms with Crippen LogP contribution in [0.4, 0.5) is 22.7 Å². The molecule has 0 aliphatic heterocycles. The van der Waals surface area contributed by atoms with Gasteiger partial charge in [-0.1, -0.05) is 142 Å². The van der Waals surface area contributed by atoms with E-state index in [4.69, 9.17) is 0 Å². The molecular weight excluding hydrogens is 653 g/mol. The second-order valence-electron chi connectivity index (χ2n) is 16.5. The van der Waals surface area contributed by atoms with E-state index in [-0.39, 0.29) is 16.5 Å². The van der Waals surface area contributed by atoms with Crippen molar-refractivity contribution >= 4 is 22.7 Å². The Balaban J connectivity index is 1.35. The van der Waals surface area contributed by atoms with Gasteiger partial charge in [0.05, 0.1) is 11.1 Å². The summed E-state index contributed by atoms with van der Waals surface area (Å²) in [4.78, 5) is 5.17. The van der Waals surface area contributed by atoms with Crippen molar-refractivity contribution in [1.29, 1.82) is 0 Å². The molecular formula is C52H58N2. The summed E-state index contributed by atoms with van der Waals surface area (Å²) >= 11 is 0. The van der Waals surface area contributed by atoms with Gasteiger partial charge in [-0.05, 0) is 136 Å². The largest absolute Gasteiger partial charge is 0.331 e. The first-order valence-corrected chi connectivity index (χ1v) is 20.0. The minimum absolute atomic E-state index is 0.171. The monoisotopic (exact) mass is 710 g/mol. The molecule has 0 heterocycles. The number of hydrogen-bond donors (Lipinski definition) is 0. The summed E-state index contributed by atoms with van der Waals surface area (Å²) in [6.07, 6.45) is 2.91. The zero-order chi connectivity index (χ0) is 38.4. The summed E-state index contributed by atoms with van der Waals surface area (Å²) < 4.78 is 0. The van der Waals surface area contributed by atoms with Gasteiger partial charge in [0.1, 0.15) is 0 Å². The van der Waals surface area contributed by atoms with Gasteiger partial charge in [0.25, 0.3) is 0 Å². The Bertz CT molecular complexity index is 2150. The molecule has 0 spiro atoms. The number of aryl methyl sites for hydroxylation is 4. The Morgan fingerprint density at radius 2 is 0.759 bits per heavy atom. The molecule has 7 rings (SSSR count). The fraction of sp³-hybridized carbons (Fsp3) is 0.308. The molecule has 0 N–H and O–H groups in total. The molecule has 1 atom stereocenters. The van der Waals surface area contributed by atoms with Crippen LogP contribution in [0.3, 0.4) is 0 Å². The third-order valence-corrected chi connectivity index (χ3v) is 12.8. The van der Waals surface area contributed by atoms with E-state index in [0.29, 0.717) is 0 Å². The smallest absolute Gasteiger partial charge is 0.0697 e. The molecule has 6 aromatic carbocycles. The highest BCUT2D eigenvalue weighted by Gasteiger charge is 2.42. The maximum atomic E-state index is 2.61. The van der Waals surface area contributed by atoms with Crippen LogP contribution >= 0.6 is 0 Å². The number of anilines is 4. The van der Waals surface area contributed by atoms with Crippen molar-refractivity contribution in [3.05, 3.63) is 178 Å². The van der Waals surface area contributed by atoms with Crippen molar-refractivity contribution in [2.75, 3.05) is 9.80 Å². The van der Waals surface area contributed by atoms with Crippen molar-refractivity contribution in [3.63, 3.8) is 0 Å². The lowest BCUT2D eigenvalue weighted by Gasteiger charge is -2.46. The van der Waals surface area contributed by atoms with Gasteiger partial charge in [0, 0.05) is 28.2 Å². The predicted octanol–water partition coefficient (Wildman–Crippen LogP) is 14.5. The van der Waals surface area contributed by atoms with Gasteiger partial charge in [0.2, 0.25) is 0 Å². The summed E-state index contributed by atoms with van der Waals surface area (Å²) in [6.45, 7) is 23.0. The van der Waals surface area contributed by atoms with E-state index in [0.717, 1.165) is 19.3 Å². The van der Waals surface area contributed by atoms with E-state index in [1.165, 1.54) is 78.4 Å². The molecule has 276 valence electrons. The number of fused-ring (bicyclic) bond motifs is 3. The molecule has 0 amide bonds. The van der Waals surface area contributed by atoms with Gasteiger partial charge < -0.3 is 9.80 Å². The summed E-state index contributed by atoms with van der Waals surface area (Å²) in [5.74, 6) is 0. The zero-order valence-electron chi connectivity index (χ0n) is 34.2. The maximum absolute atomic E-state index is 2.61. The second kappa shape index (κ2) is 14.3. The van der Waals surface area contributed by atoms with Gasteiger partial charge >= 0.3 is 0 Å². The van der Waals surface area contributed by atoms with Gasteiger partial charge in [-0.2, -0.15) is 0 Å². The standard InChI is InChI=1S/C52H58N2/c1-11-51(10,53(42-24-14-36(4)15-25-42)43-26-16-37(5)17-27-43)40-22-32-46-47-33-23-41(35-49(47)50(8,9)48(46)34-40)52(12-2,13-3)54(44-28-18-38(6)19-29-44)45-30-20-39(7)21-31-45/h14-35H,11-13H2,1-10H3. The van der Waals surface area contributed by atoms with E-state index in [9.17, 15) is 0 Å². The van der Waals surface area contributed by atoms with E-state index >= 15 is 0 Å². The number of hydrogen-bond acceptors (Lipinski definition) is 2. The van der Waals surface area contributed by atoms with Crippen molar-refractivity contribution in [1.82, 2.24) is 0 Å². The summed E-state index contributed by atoms with van der Waals surface area (Å²) in [6, 6.07) is 51.0. The Kier molecular flexibility index (Phi) is 9.86. The number of nitrogens with zero attached hydrogens (tertiary/aromatic N) is 2. The van der Waals surface area contributed by atoms with E-state index in [1.807, 2.05) is 0 Å². The molecule has 2 heteroatoms.